The molecule has 0 bridgehead atoms. The van der Waals surface area contributed by atoms with Crippen molar-refractivity contribution in [3.8, 4) is 0 Å². The number of carboxylic acids is 1. The zero-order chi connectivity index (χ0) is 11.9. The molecular formula is C11H10FNO2S. The summed E-state index contributed by atoms with van der Waals surface area (Å²) in [5.41, 5.74) is 5.94. The molecule has 0 spiro atoms. The number of fused-ring (bicyclic) bond motifs is 1. The zero-order valence-electron chi connectivity index (χ0n) is 8.53. The molecule has 0 aliphatic heterocycles. The summed E-state index contributed by atoms with van der Waals surface area (Å²) >= 11 is 1.36. The predicted octanol–water partition coefficient (Wildman–Crippen LogP) is 2.43. The van der Waals surface area contributed by atoms with Crippen molar-refractivity contribution in [3.63, 3.8) is 0 Å². The lowest BCUT2D eigenvalue weighted by atomic mass is 10.0. The number of carbonyl (C=O) groups is 1. The molecule has 1 aromatic carbocycles. The number of benzene rings is 1. The van der Waals surface area contributed by atoms with Crippen LogP contribution in [0.2, 0.25) is 0 Å². The first-order chi connectivity index (χ1) is 7.52. The second-order valence-corrected chi connectivity index (χ2v) is 4.76. The van der Waals surface area contributed by atoms with Gasteiger partial charge in [0.1, 0.15) is 11.9 Å². The number of hydrogen-bond donors (Lipinski definition) is 2. The molecule has 1 aromatic heterocycles. The van der Waals surface area contributed by atoms with Crippen molar-refractivity contribution in [1.29, 1.82) is 0 Å². The Kier molecular flexibility index (Phi) is 2.65. The van der Waals surface area contributed by atoms with Crippen molar-refractivity contribution in [1.82, 2.24) is 0 Å². The summed E-state index contributed by atoms with van der Waals surface area (Å²) in [5, 5.41) is 9.22. The maximum absolute atomic E-state index is 13.6. The lowest BCUT2D eigenvalue weighted by Gasteiger charge is -2.07. The van der Waals surface area contributed by atoms with Crippen molar-refractivity contribution in [2.24, 2.45) is 5.73 Å². The van der Waals surface area contributed by atoms with Crippen LogP contribution >= 0.6 is 11.3 Å². The maximum atomic E-state index is 13.6. The van der Waals surface area contributed by atoms with E-state index < -0.39 is 17.8 Å². The first kappa shape index (κ1) is 11.0. The predicted molar refractivity (Wildman–Crippen MR) is 61.1 cm³/mol. The highest BCUT2D eigenvalue weighted by Crippen LogP contribution is 2.35. The molecule has 0 radical (unpaired) electrons. The number of rotatable bonds is 2. The van der Waals surface area contributed by atoms with Crippen molar-refractivity contribution < 1.29 is 14.3 Å². The van der Waals surface area contributed by atoms with E-state index in [2.05, 4.69) is 0 Å². The third-order valence-electron chi connectivity index (χ3n) is 2.46. The third kappa shape index (κ3) is 1.58. The van der Waals surface area contributed by atoms with Gasteiger partial charge in [0.15, 0.2) is 0 Å². The highest BCUT2D eigenvalue weighted by atomic mass is 32.1. The Labute approximate surface area is 95.3 Å². The molecule has 3 nitrogen and oxygen atoms in total. The van der Waals surface area contributed by atoms with Crippen LogP contribution in [0.25, 0.3) is 10.1 Å². The minimum atomic E-state index is -1.18. The van der Waals surface area contributed by atoms with Crippen LogP contribution in [0.1, 0.15) is 16.5 Å². The van der Waals surface area contributed by atoms with E-state index >= 15 is 0 Å². The van der Waals surface area contributed by atoms with Gasteiger partial charge in [0, 0.05) is 20.5 Å². The van der Waals surface area contributed by atoms with Gasteiger partial charge >= 0.3 is 5.97 Å². The van der Waals surface area contributed by atoms with Crippen molar-refractivity contribution in [3.05, 3.63) is 34.5 Å². The quantitative estimate of drug-likeness (QED) is 0.846. The number of carboxylic acid groups (broad SMARTS) is 1. The highest BCUT2D eigenvalue weighted by molar-refractivity contribution is 7.19. The number of aryl methyl sites for hydroxylation is 1. The Morgan fingerprint density at radius 3 is 2.88 bits per heavy atom. The molecule has 0 amide bonds. The fraction of sp³-hybridized carbons (Fsp3) is 0.182. The molecule has 0 saturated heterocycles. The maximum Gasteiger partial charge on any atom is 0.325 e. The highest BCUT2D eigenvalue weighted by Gasteiger charge is 2.23. The Hall–Kier alpha value is -1.46. The summed E-state index contributed by atoms with van der Waals surface area (Å²) in [6.07, 6.45) is 0. The molecule has 3 N–H and O–H groups in total. The van der Waals surface area contributed by atoms with E-state index in [0.29, 0.717) is 10.9 Å². The smallest absolute Gasteiger partial charge is 0.325 e. The molecule has 0 aliphatic carbocycles. The standard InChI is InChI=1S/C11H10FNO2S/c1-5-8(10(13)11(14)15)9-6(12)3-2-4-7(9)16-5/h2-4,10H,13H2,1H3,(H,14,15). The van der Waals surface area contributed by atoms with Gasteiger partial charge in [0.2, 0.25) is 0 Å². The number of nitrogens with two attached hydrogens (primary N) is 1. The van der Waals surface area contributed by atoms with Gasteiger partial charge in [-0.2, -0.15) is 0 Å². The summed E-state index contributed by atoms with van der Waals surface area (Å²) in [5.74, 6) is -1.57. The molecule has 0 aliphatic rings. The van der Waals surface area contributed by atoms with Gasteiger partial charge in [-0.1, -0.05) is 6.07 Å². The first-order valence-corrected chi connectivity index (χ1v) is 5.50. The molecule has 16 heavy (non-hydrogen) atoms. The molecule has 0 saturated carbocycles. The van der Waals surface area contributed by atoms with E-state index in [1.165, 1.54) is 17.4 Å². The second-order valence-electron chi connectivity index (χ2n) is 3.50. The van der Waals surface area contributed by atoms with E-state index in [1.807, 2.05) is 0 Å². The van der Waals surface area contributed by atoms with E-state index in [4.69, 9.17) is 10.8 Å². The molecule has 5 heteroatoms. The Bertz CT molecular complexity index is 564. The Balaban J connectivity index is 2.77. The van der Waals surface area contributed by atoms with Crippen LogP contribution in [0.3, 0.4) is 0 Å². The summed E-state index contributed by atoms with van der Waals surface area (Å²) in [6.45, 7) is 1.75. The average Bonchev–Trinajstić information content (AvgIpc) is 2.54. The lowest BCUT2D eigenvalue weighted by Crippen LogP contribution is -2.21. The Morgan fingerprint density at radius 2 is 2.25 bits per heavy atom. The molecular weight excluding hydrogens is 229 g/mol. The summed E-state index contributed by atoms with van der Waals surface area (Å²) in [6, 6.07) is 3.50. The minimum absolute atomic E-state index is 0.333. The van der Waals surface area contributed by atoms with Crippen molar-refractivity contribution in [2.45, 2.75) is 13.0 Å². The number of hydrogen-bond acceptors (Lipinski definition) is 3. The normalized spacial score (nSPS) is 12.9. The van der Waals surface area contributed by atoms with Crippen molar-refractivity contribution in [2.75, 3.05) is 0 Å². The van der Waals surface area contributed by atoms with E-state index in [9.17, 15) is 9.18 Å². The average molecular weight is 239 g/mol. The van der Waals surface area contributed by atoms with Crippen LogP contribution in [0.4, 0.5) is 4.39 Å². The fourth-order valence-corrected chi connectivity index (χ4v) is 2.87. The monoisotopic (exact) mass is 239 g/mol. The van der Waals surface area contributed by atoms with Crippen LogP contribution in [0.5, 0.6) is 0 Å². The van der Waals surface area contributed by atoms with Gasteiger partial charge in [-0.25, -0.2) is 4.39 Å². The molecule has 1 unspecified atom stereocenters. The molecule has 2 rings (SSSR count). The van der Waals surface area contributed by atoms with Gasteiger partial charge in [-0.3, -0.25) is 4.79 Å². The van der Waals surface area contributed by atoms with Crippen LogP contribution in [0, 0.1) is 12.7 Å². The number of aliphatic carboxylic acids is 1. The molecule has 84 valence electrons. The molecule has 0 fully saturated rings. The fourth-order valence-electron chi connectivity index (χ4n) is 1.74. The van der Waals surface area contributed by atoms with Crippen LogP contribution in [-0.4, -0.2) is 11.1 Å². The van der Waals surface area contributed by atoms with E-state index in [1.54, 1.807) is 19.1 Å². The third-order valence-corrected chi connectivity index (χ3v) is 3.55. The van der Waals surface area contributed by atoms with Crippen molar-refractivity contribution >= 4 is 27.4 Å². The summed E-state index contributed by atoms with van der Waals surface area (Å²) < 4.78 is 14.4. The summed E-state index contributed by atoms with van der Waals surface area (Å²) in [4.78, 5) is 11.6. The number of thiophene rings is 1. The topological polar surface area (TPSA) is 63.3 Å². The second kappa shape index (κ2) is 3.84. The van der Waals surface area contributed by atoms with Gasteiger partial charge in [0.25, 0.3) is 0 Å². The van der Waals surface area contributed by atoms with Crippen LogP contribution in [0.15, 0.2) is 18.2 Å². The first-order valence-electron chi connectivity index (χ1n) is 4.68. The van der Waals surface area contributed by atoms with E-state index in [0.717, 1.165) is 9.58 Å². The largest absolute Gasteiger partial charge is 0.480 e. The SMILES string of the molecule is Cc1sc2cccc(F)c2c1C(N)C(=O)O. The van der Waals surface area contributed by atoms with Gasteiger partial charge < -0.3 is 10.8 Å². The number of halogens is 1. The van der Waals surface area contributed by atoms with E-state index in [-0.39, 0.29) is 0 Å². The summed E-state index contributed by atoms with van der Waals surface area (Å²) in [7, 11) is 0. The molecule has 2 aromatic rings. The zero-order valence-corrected chi connectivity index (χ0v) is 9.34. The van der Waals surface area contributed by atoms with Gasteiger partial charge in [-0.15, -0.1) is 11.3 Å². The van der Waals surface area contributed by atoms with Crippen LogP contribution < -0.4 is 5.73 Å². The minimum Gasteiger partial charge on any atom is -0.480 e. The molecule has 1 atom stereocenters. The van der Waals surface area contributed by atoms with Crippen LogP contribution in [-0.2, 0) is 4.79 Å². The lowest BCUT2D eigenvalue weighted by molar-refractivity contribution is -0.138. The Morgan fingerprint density at radius 1 is 1.56 bits per heavy atom. The van der Waals surface area contributed by atoms with Gasteiger partial charge in [0.05, 0.1) is 0 Å². The molecule has 1 heterocycles. The van der Waals surface area contributed by atoms with Gasteiger partial charge in [-0.05, 0) is 19.1 Å².